The Balaban J connectivity index is 1.78. The van der Waals surface area contributed by atoms with Crippen LogP contribution >= 0.6 is 0 Å². The Morgan fingerprint density at radius 2 is 1.74 bits per heavy atom. The lowest BCUT2D eigenvalue weighted by Gasteiger charge is -2.10. The molecule has 1 aliphatic carbocycles. The molecule has 0 saturated heterocycles. The molecule has 1 aromatic heterocycles. The van der Waals surface area contributed by atoms with Gasteiger partial charge < -0.3 is 9.72 Å². The highest BCUT2D eigenvalue weighted by Crippen LogP contribution is 2.27. The largest absolute Gasteiger partial charge is 0.457 e. The van der Waals surface area contributed by atoms with Crippen LogP contribution in [-0.4, -0.2) is 4.98 Å². The van der Waals surface area contributed by atoms with Gasteiger partial charge in [0.1, 0.15) is 11.5 Å². The molecule has 3 aromatic rings. The summed E-state index contributed by atoms with van der Waals surface area (Å²) in [4.78, 5) is 16.1. The van der Waals surface area contributed by atoms with Gasteiger partial charge >= 0.3 is 0 Å². The lowest BCUT2D eigenvalue weighted by atomic mass is 10.1. The summed E-state index contributed by atoms with van der Waals surface area (Å²) in [6.45, 7) is 4.10. The lowest BCUT2D eigenvalue weighted by molar-refractivity contribution is 0.482. The fraction of sp³-hybridized carbons (Fsp3) is 0.250. The molecule has 0 aliphatic heterocycles. The zero-order chi connectivity index (χ0) is 16.0. The van der Waals surface area contributed by atoms with Crippen molar-refractivity contribution in [1.82, 2.24) is 4.98 Å². The molecule has 1 heterocycles. The van der Waals surface area contributed by atoms with E-state index in [4.69, 9.17) is 4.74 Å². The SMILES string of the molecule is Cc1cc(C)cc(Oc2ccc3[nH]c4c(c(=O)c3c2)CCC4)c1. The molecule has 0 atom stereocenters. The molecule has 3 heteroatoms. The fourth-order valence-corrected chi connectivity index (χ4v) is 3.47. The molecule has 23 heavy (non-hydrogen) atoms. The maximum absolute atomic E-state index is 12.7. The van der Waals surface area contributed by atoms with Crippen molar-refractivity contribution in [2.75, 3.05) is 0 Å². The third-order valence-electron chi connectivity index (χ3n) is 4.44. The zero-order valence-corrected chi connectivity index (χ0v) is 13.4. The first-order chi connectivity index (χ1) is 11.1. The number of nitrogens with one attached hydrogen (secondary N) is 1. The number of hydrogen-bond donors (Lipinski definition) is 1. The Kier molecular flexibility index (Phi) is 3.22. The lowest BCUT2D eigenvalue weighted by Crippen LogP contribution is -2.10. The summed E-state index contributed by atoms with van der Waals surface area (Å²) < 4.78 is 5.97. The average molecular weight is 305 g/mol. The first-order valence-corrected chi connectivity index (χ1v) is 8.04. The third-order valence-corrected chi connectivity index (χ3v) is 4.44. The molecule has 1 N–H and O–H groups in total. The topological polar surface area (TPSA) is 42.1 Å². The molecule has 0 bridgehead atoms. The molecular formula is C20H19NO2. The number of benzene rings is 2. The Hall–Kier alpha value is -2.55. The van der Waals surface area contributed by atoms with E-state index in [1.165, 1.54) is 0 Å². The van der Waals surface area contributed by atoms with E-state index in [9.17, 15) is 4.79 Å². The van der Waals surface area contributed by atoms with Gasteiger partial charge in [0.2, 0.25) is 0 Å². The Bertz CT molecular complexity index is 949. The quantitative estimate of drug-likeness (QED) is 0.761. The molecule has 4 rings (SSSR count). The molecule has 1 aliphatic rings. The van der Waals surface area contributed by atoms with Crippen molar-refractivity contribution in [3.8, 4) is 11.5 Å². The molecular weight excluding hydrogens is 286 g/mol. The van der Waals surface area contributed by atoms with Crippen molar-refractivity contribution >= 4 is 10.9 Å². The van der Waals surface area contributed by atoms with Crippen molar-refractivity contribution in [2.24, 2.45) is 0 Å². The second kappa shape index (κ2) is 5.27. The number of aryl methyl sites for hydroxylation is 3. The zero-order valence-electron chi connectivity index (χ0n) is 13.4. The minimum atomic E-state index is 0.150. The van der Waals surface area contributed by atoms with Crippen molar-refractivity contribution < 1.29 is 4.74 Å². The number of aromatic amines is 1. The highest BCUT2D eigenvalue weighted by molar-refractivity contribution is 5.81. The van der Waals surface area contributed by atoms with Crippen LogP contribution < -0.4 is 10.2 Å². The van der Waals surface area contributed by atoms with Crippen LogP contribution in [0.5, 0.6) is 11.5 Å². The smallest absolute Gasteiger partial charge is 0.192 e. The number of fused-ring (bicyclic) bond motifs is 2. The minimum Gasteiger partial charge on any atom is -0.457 e. The molecule has 3 nitrogen and oxygen atoms in total. The second-order valence-electron chi connectivity index (χ2n) is 6.40. The molecule has 0 radical (unpaired) electrons. The van der Waals surface area contributed by atoms with E-state index in [-0.39, 0.29) is 5.43 Å². The molecule has 116 valence electrons. The van der Waals surface area contributed by atoms with Crippen molar-refractivity contribution in [2.45, 2.75) is 33.1 Å². The monoisotopic (exact) mass is 305 g/mol. The van der Waals surface area contributed by atoms with Gasteiger partial charge in [0.15, 0.2) is 5.43 Å². The van der Waals surface area contributed by atoms with E-state index in [1.54, 1.807) is 0 Å². The van der Waals surface area contributed by atoms with E-state index in [0.29, 0.717) is 11.1 Å². The van der Waals surface area contributed by atoms with Gasteiger partial charge in [-0.05, 0) is 74.6 Å². The van der Waals surface area contributed by atoms with Gasteiger partial charge in [-0.1, -0.05) is 6.07 Å². The third kappa shape index (κ3) is 2.52. The van der Waals surface area contributed by atoms with Gasteiger partial charge in [0.25, 0.3) is 0 Å². The standard InChI is InChI=1S/C20H19NO2/c1-12-8-13(2)10-15(9-12)23-14-6-7-19-17(11-14)20(22)16-4-3-5-18(16)21-19/h6-11H,3-5H2,1-2H3,(H,21,22). The van der Waals surface area contributed by atoms with Crippen LogP contribution in [-0.2, 0) is 12.8 Å². The predicted octanol–water partition coefficient (Wildman–Crippen LogP) is 4.43. The summed E-state index contributed by atoms with van der Waals surface area (Å²) in [7, 11) is 0. The van der Waals surface area contributed by atoms with Crippen LogP contribution in [0, 0.1) is 13.8 Å². The van der Waals surface area contributed by atoms with Crippen LogP contribution in [0.4, 0.5) is 0 Å². The summed E-state index contributed by atoms with van der Waals surface area (Å²) in [5, 5.41) is 0.715. The van der Waals surface area contributed by atoms with E-state index < -0.39 is 0 Å². The van der Waals surface area contributed by atoms with Gasteiger partial charge in [0.05, 0.1) is 0 Å². The van der Waals surface area contributed by atoms with Gasteiger partial charge in [-0.25, -0.2) is 0 Å². The maximum Gasteiger partial charge on any atom is 0.192 e. The highest BCUT2D eigenvalue weighted by atomic mass is 16.5. The summed E-state index contributed by atoms with van der Waals surface area (Å²) in [5.74, 6) is 1.50. The fourth-order valence-electron chi connectivity index (χ4n) is 3.47. The van der Waals surface area contributed by atoms with E-state index in [1.807, 2.05) is 44.2 Å². The molecule has 0 amide bonds. The van der Waals surface area contributed by atoms with Crippen molar-refractivity contribution in [3.63, 3.8) is 0 Å². The van der Waals surface area contributed by atoms with Gasteiger partial charge in [0, 0.05) is 22.2 Å². The Labute approximate surface area is 134 Å². The minimum absolute atomic E-state index is 0.150. The van der Waals surface area contributed by atoms with E-state index in [2.05, 4.69) is 11.1 Å². The van der Waals surface area contributed by atoms with Gasteiger partial charge in [-0.2, -0.15) is 0 Å². The average Bonchev–Trinajstić information content (AvgIpc) is 2.96. The van der Waals surface area contributed by atoms with Crippen LogP contribution in [0.1, 0.15) is 28.8 Å². The maximum atomic E-state index is 12.7. The summed E-state index contributed by atoms with van der Waals surface area (Å²) >= 11 is 0. The molecule has 0 unspecified atom stereocenters. The number of rotatable bonds is 2. The summed E-state index contributed by atoms with van der Waals surface area (Å²) in [6.07, 6.45) is 2.91. The Morgan fingerprint density at radius 3 is 2.52 bits per heavy atom. The van der Waals surface area contributed by atoms with E-state index in [0.717, 1.165) is 52.9 Å². The molecule has 0 fully saturated rings. The predicted molar refractivity (Wildman–Crippen MR) is 92.6 cm³/mol. The van der Waals surface area contributed by atoms with Crippen LogP contribution in [0.2, 0.25) is 0 Å². The molecule has 0 spiro atoms. The number of aromatic nitrogens is 1. The number of ether oxygens (including phenoxy) is 1. The van der Waals surface area contributed by atoms with Crippen LogP contribution in [0.3, 0.4) is 0 Å². The Morgan fingerprint density at radius 1 is 0.957 bits per heavy atom. The first kappa shape index (κ1) is 14.1. The van der Waals surface area contributed by atoms with Crippen LogP contribution in [0.15, 0.2) is 41.2 Å². The molecule has 2 aromatic carbocycles. The van der Waals surface area contributed by atoms with Gasteiger partial charge in [-0.3, -0.25) is 4.79 Å². The van der Waals surface area contributed by atoms with E-state index >= 15 is 0 Å². The summed E-state index contributed by atoms with van der Waals surface area (Å²) in [6, 6.07) is 11.8. The first-order valence-electron chi connectivity index (χ1n) is 8.04. The molecule has 0 saturated carbocycles. The van der Waals surface area contributed by atoms with Gasteiger partial charge in [-0.15, -0.1) is 0 Å². The summed E-state index contributed by atoms with van der Waals surface area (Å²) in [5.41, 5.74) is 5.42. The highest BCUT2D eigenvalue weighted by Gasteiger charge is 2.17. The number of pyridine rings is 1. The second-order valence-corrected chi connectivity index (χ2v) is 6.40. The van der Waals surface area contributed by atoms with Crippen LogP contribution in [0.25, 0.3) is 10.9 Å². The van der Waals surface area contributed by atoms with Crippen molar-refractivity contribution in [1.29, 1.82) is 0 Å². The number of hydrogen-bond acceptors (Lipinski definition) is 2. The van der Waals surface area contributed by atoms with Crippen molar-refractivity contribution in [3.05, 3.63) is 69.0 Å². The number of H-pyrrole nitrogens is 1. The normalized spacial score (nSPS) is 13.3.